The summed E-state index contributed by atoms with van der Waals surface area (Å²) in [4.78, 5) is 0. The molecule has 3 heteroatoms. The van der Waals surface area contributed by atoms with Crippen molar-refractivity contribution in [2.24, 2.45) is 0 Å². The van der Waals surface area contributed by atoms with Crippen LogP contribution in [0.15, 0.2) is 42.5 Å². The molecular formula is C26H35O2P. The number of hydrogen-bond donors (Lipinski definition) is 0. The van der Waals surface area contributed by atoms with Gasteiger partial charge < -0.3 is 4.52 Å². The van der Waals surface area contributed by atoms with E-state index in [1.54, 1.807) is 6.66 Å². The average Bonchev–Trinajstić information content (AvgIpc) is 2.66. The summed E-state index contributed by atoms with van der Waals surface area (Å²) in [5.74, 6) is 0. The molecule has 1 unspecified atom stereocenters. The van der Waals surface area contributed by atoms with Crippen LogP contribution in [0.4, 0.5) is 0 Å². The van der Waals surface area contributed by atoms with Gasteiger partial charge in [-0.15, -0.1) is 0 Å². The van der Waals surface area contributed by atoms with Crippen molar-refractivity contribution in [2.45, 2.75) is 65.2 Å². The first-order chi connectivity index (χ1) is 13.5. The van der Waals surface area contributed by atoms with E-state index in [2.05, 4.69) is 58.9 Å². The molecule has 2 aromatic carbocycles. The van der Waals surface area contributed by atoms with E-state index in [9.17, 15) is 4.57 Å². The van der Waals surface area contributed by atoms with Gasteiger partial charge in [0.05, 0.1) is 6.61 Å². The van der Waals surface area contributed by atoms with Gasteiger partial charge in [0, 0.05) is 12.0 Å². The van der Waals surface area contributed by atoms with Crippen molar-refractivity contribution >= 4 is 24.3 Å². The van der Waals surface area contributed by atoms with E-state index in [0.717, 1.165) is 10.9 Å². The molecule has 0 amide bonds. The molecule has 29 heavy (non-hydrogen) atoms. The fourth-order valence-corrected chi connectivity index (χ4v) is 5.66. The molecule has 0 aromatic heterocycles. The Bertz CT molecular complexity index is 965. The highest BCUT2D eigenvalue weighted by Gasteiger charge is 2.36. The Kier molecular flexibility index (Phi) is 6.01. The molecule has 3 rings (SSSR count). The Balaban J connectivity index is 1.92. The molecule has 0 saturated heterocycles. The van der Waals surface area contributed by atoms with Gasteiger partial charge in [0.25, 0.3) is 0 Å². The average molecular weight is 411 g/mol. The quantitative estimate of drug-likeness (QED) is 0.386. The summed E-state index contributed by atoms with van der Waals surface area (Å²) in [6, 6.07) is 14.9. The Morgan fingerprint density at radius 1 is 1.00 bits per heavy atom. The van der Waals surface area contributed by atoms with Crippen LogP contribution in [0, 0.1) is 0 Å². The lowest BCUT2D eigenvalue weighted by Gasteiger charge is -2.42. The smallest absolute Gasteiger partial charge is 0.229 e. The highest BCUT2D eigenvalue weighted by atomic mass is 31.2. The fraction of sp³-hybridized carbons (Fsp3) is 0.462. The zero-order valence-corrected chi connectivity index (χ0v) is 19.9. The molecule has 0 saturated carbocycles. The topological polar surface area (TPSA) is 26.3 Å². The Hall–Kier alpha value is -1.63. The van der Waals surface area contributed by atoms with Crippen molar-refractivity contribution in [3.63, 3.8) is 0 Å². The molecule has 156 valence electrons. The zero-order valence-electron chi connectivity index (χ0n) is 19.0. The SMILES string of the molecule is CCOP(C)(=O)c1ccc(/C=C(\C)c2ccc3c(c2)C(C)(C)CCC3(C)C)cc1. The van der Waals surface area contributed by atoms with Crippen LogP contribution in [-0.2, 0) is 19.9 Å². The van der Waals surface area contributed by atoms with Gasteiger partial charge in [-0.25, -0.2) is 0 Å². The molecule has 1 atom stereocenters. The first kappa shape index (κ1) is 22.1. The Labute approximate surface area is 176 Å². The molecule has 2 aromatic rings. The van der Waals surface area contributed by atoms with Crippen LogP contribution in [-0.4, -0.2) is 13.3 Å². The highest BCUT2D eigenvalue weighted by Crippen LogP contribution is 2.46. The van der Waals surface area contributed by atoms with Crippen molar-refractivity contribution in [2.75, 3.05) is 13.3 Å². The van der Waals surface area contributed by atoms with Gasteiger partial charge in [0.1, 0.15) is 0 Å². The summed E-state index contributed by atoms with van der Waals surface area (Å²) >= 11 is 0. The maximum Gasteiger partial charge on any atom is 0.229 e. The van der Waals surface area contributed by atoms with Gasteiger partial charge in [-0.1, -0.05) is 64.1 Å². The van der Waals surface area contributed by atoms with Crippen LogP contribution < -0.4 is 5.30 Å². The molecule has 0 spiro atoms. The third kappa shape index (κ3) is 4.60. The minimum atomic E-state index is -2.72. The van der Waals surface area contributed by atoms with Crippen LogP contribution in [0.5, 0.6) is 0 Å². The molecule has 0 radical (unpaired) electrons. The number of rotatable bonds is 5. The number of fused-ring (bicyclic) bond motifs is 1. The summed E-state index contributed by atoms with van der Waals surface area (Å²) in [5.41, 5.74) is 7.05. The molecular weight excluding hydrogens is 375 g/mol. The molecule has 1 aliphatic rings. The number of benzene rings is 2. The minimum absolute atomic E-state index is 0.213. The molecule has 0 aliphatic heterocycles. The predicted octanol–water partition coefficient (Wildman–Crippen LogP) is 7.17. The lowest BCUT2D eigenvalue weighted by molar-refractivity contribution is 0.332. The second-order valence-corrected chi connectivity index (χ2v) is 12.2. The van der Waals surface area contributed by atoms with Crippen LogP contribution >= 0.6 is 7.37 Å². The summed E-state index contributed by atoms with van der Waals surface area (Å²) in [6.45, 7) is 15.6. The van der Waals surface area contributed by atoms with Crippen molar-refractivity contribution in [1.82, 2.24) is 0 Å². The van der Waals surface area contributed by atoms with Crippen molar-refractivity contribution in [3.05, 3.63) is 64.7 Å². The molecule has 1 aliphatic carbocycles. The van der Waals surface area contributed by atoms with Gasteiger partial charge in [-0.3, -0.25) is 4.57 Å². The molecule has 0 heterocycles. The van der Waals surface area contributed by atoms with Gasteiger partial charge in [-0.2, -0.15) is 0 Å². The van der Waals surface area contributed by atoms with E-state index in [4.69, 9.17) is 4.52 Å². The predicted molar refractivity (Wildman–Crippen MR) is 127 cm³/mol. The van der Waals surface area contributed by atoms with Crippen molar-refractivity contribution in [1.29, 1.82) is 0 Å². The largest absolute Gasteiger partial charge is 0.326 e. The van der Waals surface area contributed by atoms with E-state index in [0.29, 0.717) is 6.61 Å². The second kappa shape index (κ2) is 7.89. The first-order valence-electron chi connectivity index (χ1n) is 10.6. The minimum Gasteiger partial charge on any atom is -0.326 e. The van der Waals surface area contributed by atoms with E-state index in [1.165, 1.54) is 35.1 Å². The summed E-state index contributed by atoms with van der Waals surface area (Å²) in [5, 5.41) is 0.770. The molecule has 0 N–H and O–H groups in total. The van der Waals surface area contributed by atoms with Gasteiger partial charge in [0.2, 0.25) is 7.37 Å². The fourth-order valence-electron chi connectivity index (χ4n) is 4.33. The molecule has 0 fully saturated rings. The van der Waals surface area contributed by atoms with Crippen LogP contribution in [0.3, 0.4) is 0 Å². The summed E-state index contributed by atoms with van der Waals surface area (Å²) < 4.78 is 18.0. The van der Waals surface area contributed by atoms with E-state index < -0.39 is 7.37 Å². The Morgan fingerprint density at radius 3 is 2.17 bits per heavy atom. The van der Waals surface area contributed by atoms with Gasteiger partial charge in [-0.05, 0) is 77.5 Å². The molecule has 0 bridgehead atoms. The maximum atomic E-state index is 12.6. The van der Waals surface area contributed by atoms with E-state index >= 15 is 0 Å². The maximum absolute atomic E-state index is 12.6. The van der Waals surface area contributed by atoms with Crippen molar-refractivity contribution in [3.8, 4) is 0 Å². The van der Waals surface area contributed by atoms with E-state index in [1.807, 2.05) is 31.2 Å². The Morgan fingerprint density at radius 2 is 1.59 bits per heavy atom. The number of allylic oxidation sites excluding steroid dienone is 1. The van der Waals surface area contributed by atoms with Gasteiger partial charge >= 0.3 is 0 Å². The zero-order chi connectivity index (χ0) is 21.4. The lowest BCUT2D eigenvalue weighted by Crippen LogP contribution is -2.33. The van der Waals surface area contributed by atoms with E-state index in [-0.39, 0.29) is 10.8 Å². The monoisotopic (exact) mass is 410 g/mol. The molecule has 2 nitrogen and oxygen atoms in total. The second-order valence-electron chi connectivity index (χ2n) is 9.71. The standard InChI is InChI=1S/C26H35O2P/c1-8-28-29(7,27)22-12-9-20(10-13-22)17-19(2)21-11-14-23-24(18-21)26(5,6)16-15-25(23,3)4/h9-14,17-18H,8,15-16H2,1-7H3/b19-17+. The summed E-state index contributed by atoms with van der Waals surface area (Å²) in [7, 11) is -2.72. The lowest BCUT2D eigenvalue weighted by atomic mass is 9.63. The van der Waals surface area contributed by atoms with Crippen LogP contribution in [0.25, 0.3) is 11.6 Å². The summed E-state index contributed by atoms with van der Waals surface area (Å²) in [6.07, 6.45) is 4.65. The first-order valence-corrected chi connectivity index (χ1v) is 12.7. The number of hydrogen-bond acceptors (Lipinski definition) is 2. The highest BCUT2D eigenvalue weighted by molar-refractivity contribution is 7.66. The van der Waals surface area contributed by atoms with Gasteiger partial charge in [0.15, 0.2) is 0 Å². The normalized spacial score (nSPS) is 20.0. The van der Waals surface area contributed by atoms with Crippen LogP contribution in [0.2, 0.25) is 0 Å². The van der Waals surface area contributed by atoms with Crippen molar-refractivity contribution < 1.29 is 9.09 Å². The van der Waals surface area contributed by atoms with Crippen LogP contribution in [0.1, 0.15) is 76.6 Å². The third-order valence-electron chi connectivity index (χ3n) is 6.43. The third-order valence-corrected chi connectivity index (χ3v) is 8.42.